The number of nitriles is 1. The summed E-state index contributed by atoms with van der Waals surface area (Å²) in [5.74, 6) is 0.844. The van der Waals surface area contributed by atoms with Gasteiger partial charge >= 0.3 is 0 Å². The van der Waals surface area contributed by atoms with E-state index in [4.69, 9.17) is 5.26 Å². The van der Waals surface area contributed by atoms with E-state index in [1.807, 2.05) is 6.92 Å². The monoisotopic (exact) mass is 178 g/mol. The number of hydrogen-bond acceptors (Lipinski definition) is 3. The molecule has 1 aromatic heterocycles. The fourth-order valence-corrected chi connectivity index (χ4v) is 2.22. The quantitative estimate of drug-likeness (QED) is 0.696. The summed E-state index contributed by atoms with van der Waals surface area (Å²) in [6.07, 6.45) is 3.75. The van der Waals surface area contributed by atoms with Crippen LogP contribution in [0.15, 0.2) is 0 Å². The molecule has 0 N–H and O–H groups in total. The molecule has 0 saturated heterocycles. The van der Waals surface area contributed by atoms with Crippen LogP contribution in [0.25, 0.3) is 0 Å². The molecule has 0 unspecified atom stereocenters. The third kappa shape index (κ3) is 1.35. The van der Waals surface area contributed by atoms with Gasteiger partial charge in [0.15, 0.2) is 0 Å². The van der Waals surface area contributed by atoms with Crippen LogP contribution in [0.5, 0.6) is 0 Å². The molecule has 2 nitrogen and oxygen atoms in total. The molecule has 1 aliphatic rings. The molecule has 62 valence electrons. The highest BCUT2D eigenvalue weighted by Crippen LogP contribution is 2.35. The number of aromatic nitrogens is 1. The molecular formula is C9H10N2S. The van der Waals surface area contributed by atoms with Crippen molar-refractivity contribution in [1.29, 1.82) is 5.26 Å². The van der Waals surface area contributed by atoms with E-state index in [9.17, 15) is 0 Å². The van der Waals surface area contributed by atoms with Crippen molar-refractivity contribution < 1.29 is 0 Å². The normalized spacial score (nSPS) is 16.0. The summed E-state index contributed by atoms with van der Waals surface area (Å²) in [7, 11) is 0. The van der Waals surface area contributed by atoms with E-state index < -0.39 is 0 Å². The van der Waals surface area contributed by atoms with Crippen LogP contribution >= 0.6 is 11.5 Å². The molecule has 0 radical (unpaired) electrons. The lowest BCUT2D eigenvalue weighted by Gasteiger charge is -1.92. The minimum absolute atomic E-state index is 0.826. The van der Waals surface area contributed by atoms with Gasteiger partial charge in [-0.25, -0.2) is 0 Å². The Labute approximate surface area is 76.0 Å². The Hall–Kier alpha value is -0.880. The maximum Gasteiger partial charge on any atom is 0.102 e. The third-order valence-corrected chi connectivity index (χ3v) is 3.17. The second-order valence-electron chi connectivity index (χ2n) is 3.33. The van der Waals surface area contributed by atoms with Crippen molar-refractivity contribution >= 4 is 11.5 Å². The first-order chi connectivity index (χ1) is 5.81. The number of rotatable bonds is 2. The van der Waals surface area contributed by atoms with E-state index >= 15 is 0 Å². The van der Waals surface area contributed by atoms with Gasteiger partial charge in [-0.15, -0.1) is 0 Å². The van der Waals surface area contributed by atoms with Crippen LogP contribution in [0.4, 0.5) is 0 Å². The van der Waals surface area contributed by atoms with Crippen LogP contribution in [0, 0.1) is 24.2 Å². The number of nitrogens with zero attached hydrogens (tertiary/aromatic N) is 2. The van der Waals surface area contributed by atoms with Gasteiger partial charge in [0, 0.05) is 4.88 Å². The molecular weight excluding hydrogens is 168 g/mol. The van der Waals surface area contributed by atoms with Gasteiger partial charge in [0.2, 0.25) is 0 Å². The Morgan fingerprint density at radius 2 is 2.42 bits per heavy atom. The molecule has 1 aromatic rings. The Morgan fingerprint density at radius 1 is 1.67 bits per heavy atom. The Kier molecular flexibility index (Phi) is 1.86. The van der Waals surface area contributed by atoms with Gasteiger partial charge in [-0.3, -0.25) is 0 Å². The molecule has 3 heteroatoms. The van der Waals surface area contributed by atoms with E-state index in [1.165, 1.54) is 29.3 Å². The van der Waals surface area contributed by atoms with E-state index in [-0.39, 0.29) is 0 Å². The smallest absolute Gasteiger partial charge is 0.102 e. The molecule has 1 saturated carbocycles. The lowest BCUT2D eigenvalue weighted by atomic mass is 10.1. The zero-order valence-corrected chi connectivity index (χ0v) is 7.82. The van der Waals surface area contributed by atoms with Gasteiger partial charge in [-0.1, -0.05) is 0 Å². The summed E-state index contributed by atoms with van der Waals surface area (Å²) >= 11 is 1.50. The first-order valence-electron chi connectivity index (χ1n) is 4.16. The fraction of sp³-hybridized carbons (Fsp3) is 0.556. The van der Waals surface area contributed by atoms with Crippen LogP contribution in [0.3, 0.4) is 0 Å². The lowest BCUT2D eigenvalue weighted by molar-refractivity contribution is 0.844. The van der Waals surface area contributed by atoms with Crippen LogP contribution in [-0.4, -0.2) is 4.37 Å². The van der Waals surface area contributed by atoms with Gasteiger partial charge in [0.1, 0.15) is 6.07 Å². The fourth-order valence-electron chi connectivity index (χ4n) is 1.28. The standard InChI is InChI=1S/C9H10N2S/c1-6-8(5-10)9(12-11-6)4-7-2-3-7/h7H,2-4H2,1H3. The molecule has 12 heavy (non-hydrogen) atoms. The first-order valence-corrected chi connectivity index (χ1v) is 4.94. The van der Waals surface area contributed by atoms with Gasteiger partial charge < -0.3 is 0 Å². The van der Waals surface area contributed by atoms with Gasteiger partial charge in [-0.05, 0) is 43.6 Å². The zero-order chi connectivity index (χ0) is 8.55. The molecule has 0 amide bonds. The van der Waals surface area contributed by atoms with Crippen molar-refractivity contribution in [2.75, 3.05) is 0 Å². The average Bonchev–Trinajstić information content (AvgIpc) is 2.78. The van der Waals surface area contributed by atoms with Crippen molar-refractivity contribution in [3.05, 3.63) is 16.1 Å². The number of hydrogen-bond donors (Lipinski definition) is 0. The minimum atomic E-state index is 0.826. The summed E-state index contributed by atoms with van der Waals surface area (Å²) in [6, 6.07) is 2.22. The van der Waals surface area contributed by atoms with Gasteiger partial charge in [0.25, 0.3) is 0 Å². The molecule has 0 bridgehead atoms. The second-order valence-corrected chi connectivity index (χ2v) is 4.18. The molecule has 0 aliphatic heterocycles. The van der Waals surface area contributed by atoms with Crippen molar-refractivity contribution in [2.45, 2.75) is 26.2 Å². The van der Waals surface area contributed by atoms with E-state index in [1.54, 1.807) is 0 Å². The molecule has 0 spiro atoms. The summed E-state index contributed by atoms with van der Waals surface area (Å²) in [6.45, 7) is 1.91. The molecule has 0 aromatic carbocycles. The van der Waals surface area contributed by atoms with Crippen molar-refractivity contribution in [2.24, 2.45) is 5.92 Å². The molecule has 1 aliphatic carbocycles. The number of aryl methyl sites for hydroxylation is 1. The molecule has 2 rings (SSSR count). The summed E-state index contributed by atoms with van der Waals surface area (Å²) < 4.78 is 4.19. The summed E-state index contributed by atoms with van der Waals surface area (Å²) in [5.41, 5.74) is 1.73. The Morgan fingerprint density at radius 3 is 3.00 bits per heavy atom. The topological polar surface area (TPSA) is 36.7 Å². The van der Waals surface area contributed by atoms with E-state index in [2.05, 4.69) is 10.4 Å². The van der Waals surface area contributed by atoms with Crippen molar-refractivity contribution in [1.82, 2.24) is 4.37 Å². The summed E-state index contributed by atoms with van der Waals surface area (Å²) in [5, 5.41) is 8.84. The van der Waals surface area contributed by atoms with Gasteiger partial charge in [-0.2, -0.15) is 9.64 Å². The summed E-state index contributed by atoms with van der Waals surface area (Å²) in [4.78, 5) is 1.19. The van der Waals surface area contributed by atoms with Gasteiger partial charge in [0.05, 0.1) is 11.3 Å². The van der Waals surface area contributed by atoms with Crippen LogP contribution in [-0.2, 0) is 6.42 Å². The maximum atomic E-state index is 8.84. The lowest BCUT2D eigenvalue weighted by Crippen LogP contribution is -1.86. The zero-order valence-electron chi connectivity index (χ0n) is 7.00. The predicted octanol–water partition coefficient (Wildman–Crippen LogP) is 2.28. The highest BCUT2D eigenvalue weighted by atomic mass is 32.1. The predicted molar refractivity (Wildman–Crippen MR) is 48.0 cm³/mol. The average molecular weight is 178 g/mol. The van der Waals surface area contributed by atoms with E-state index in [0.29, 0.717) is 0 Å². The highest BCUT2D eigenvalue weighted by Gasteiger charge is 2.24. The van der Waals surface area contributed by atoms with Crippen LogP contribution in [0.1, 0.15) is 29.0 Å². The SMILES string of the molecule is Cc1nsc(CC2CC2)c1C#N. The Balaban J connectivity index is 2.24. The largest absolute Gasteiger partial charge is 0.196 e. The second kappa shape index (κ2) is 2.87. The maximum absolute atomic E-state index is 8.84. The van der Waals surface area contributed by atoms with Crippen molar-refractivity contribution in [3.8, 4) is 6.07 Å². The molecule has 1 heterocycles. The highest BCUT2D eigenvalue weighted by molar-refractivity contribution is 7.06. The molecule has 0 atom stereocenters. The van der Waals surface area contributed by atoms with Crippen molar-refractivity contribution in [3.63, 3.8) is 0 Å². The molecule has 1 fully saturated rings. The minimum Gasteiger partial charge on any atom is -0.196 e. The van der Waals surface area contributed by atoms with Crippen LogP contribution < -0.4 is 0 Å². The third-order valence-electron chi connectivity index (χ3n) is 2.22. The van der Waals surface area contributed by atoms with Crippen LogP contribution in [0.2, 0.25) is 0 Å². The first kappa shape index (κ1) is 7.75. The Bertz CT molecular complexity index is 331. The van der Waals surface area contributed by atoms with E-state index in [0.717, 1.165) is 23.6 Å².